The van der Waals surface area contributed by atoms with Crippen LogP contribution >= 0.6 is 0 Å². The van der Waals surface area contributed by atoms with Gasteiger partial charge in [-0.2, -0.15) is 4.98 Å². The summed E-state index contributed by atoms with van der Waals surface area (Å²) in [6, 6.07) is 1.83. The van der Waals surface area contributed by atoms with Crippen molar-refractivity contribution >= 4 is 5.65 Å². The highest BCUT2D eigenvalue weighted by Crippen LogP contribution is 2.11. The molecule has 0 aliphatic rings. The van der Waals surface area contributed by atoms with Crippen LogP contribution in [0.15, 0.2) is 12.3 Å². The quantitative estimate of drug-likeness (QED) is 0.631. The third-order valence-electron chi connectivity index (χ3n) is 1.75. The molecule has 0 aliphatic carbocycles. The number of hydrogen-bond donors (Lipinski definition) is 1. The lowest BCUT2D eigenvalue weighted by Gasteiger charge is -1.98. The topological polar surface area (TPSA) is 50.4 Å². The first kappa shape index (κ1) is 7.09. The molecule has 1 N–H and O–H groups in total. The number of rotatable bonds is 0. The van der Waals surface area contributed by atoms with Crippen molar-refractivity contribution in [1.82, 2.24) is 14.4 Å². The summed E-state index contributed by atoms with van der Waals surface area (Å²) in [6.45, 7) is 3.78. The van der Waals surface area contributed by atoms with Crippen molar-refractivity contribution in [3.63, 3.8) is 0 Å². The summed E-state index contributed by atoms with van der Waals surface area (Å²) < 4.78 is 1.75. The van der Waals surface area contributed by atoms with Crippen LogP contribution in [0.25, 0.3) is 5.65 Å². The Hall–Kier alpha value is -1.58. The molecule has 0 unspecified atom stereocenters. The first-order chi connectivity index (χ1) is 5.66. The van der Waals surface area contributed by atoms with Crippen LogP contribution in [0.5, 0.6) is 5.88 Å². The molecule has 0 radical (unpaired) electrons. The van der Waals surface area contributed by atoms with Crippen LogP contribution in [-0.4, -0.2) is 19.5 Å². The monoisotopic (exact) mass is 163 g/mol. The van der Waals surface area contributed by atoms with Crippen LogP contribution in [-0.2, 0) is 0 Å². The van der Waals surface area contributed by atoms with E-state index in [2.05, 4.69) is 9.97 Å². The molecule has 4 heteroatoms. The Balaban J connectivity index is 2.88. The molecule has 0 aromatic carbocycles. The van der Waals surface area contributed by atoms with Crippen LogP contribution in [0.4, 0.5) is 0 Å². The average molecular weight is 163 g/mol. The Morgan fingerprint density at radius 3 is 2.83 bits per heavy atom. The van der Waals surface area contributed by atoms with Gasteiger partial charge in [0.05, 0.1) is 6.20 Å². The van der Waals surface area contributed by atoms with E-state index >= 15 is 0 Å². The second-order valence-corrected chi connectivity index (χ2v) is 2.77. The molecule has 0 atom stereocenters. The van der Waals surface area contributed by atoms with Gasteiger partial charge < -0.3 is 5.11 Å². The Morgan fingerprint density at radius 1 is 1.33 bits per heavy atom. The molecule has 12 heavy (non-hydrogen) atoms. The molecule has 2 aromatic rings. The first-order valence-corrected chi connectivity index (χ1v) is 3.69. The molecule has 0 saturated carbocycles. The van der Waals surface area contributed by atoms with Gasteiger partial charge >= 0.3 is 0 Å². The van der Waals surface area contributed by atoms with Gasteiger partial charge in [0.1, 0.15) is 11.5 Å². The summed E-state index contributed by atoms with van der Waals surface area (Å²) in [5, 5.41) is 9.11. The number of imidazole rings is 1. The highest BCUT2D eigenvalue weighted by Gasteiger charge is 2.02. The minimum absolute atomic E-state index is 0.0329. The molecule has 0 aliphatic heterocycles. The van der Waals surface area contributed by atoms with Crippen LogP contribution in [0.3, 0.4) is 0 Å². The van der Waals surface area contributed by atoms with Crippen molar-refractivity contribution in [2.45, 2.75) is 13.8 Å². The lowest BCUT2D eigenvalue weighted by Crippen LogP contribution is -1.95. The standard InChI is InChI=1S/C8H9N3O/c1-5-3-7-10-8(12)4-11(7)6(2)9-5/h3-4,12H,1-2H3. The molecule has 4 nitrogen and oxygen atoms in total. The molecule has 2 heterocycles. The fraction of sp³-hybridized carbons (Fsp3) is 0.250. The van der Waals surface area contributed by atoms with E-state index in [1.807, 2.05) is 19.9 Å². The molecule has 2 rings (SSSR count). The number of hydrogen-bond acceptors (Lipinski definition) is 3. The molecule has 0 amide bonds. The summed E-state index contributed by atoms with van der Waals surface area (Å²) in [5.41, 5.74) is 1.64. The molecule has 0 bridgehead atoms. The van der Waals surface area contributed by atoms with E-state index < -0.39 is 0 Å². The van der Waals surface area contributed by atoms with E-state index in [1.165, 1.54) is 0 Å². The van der Waals surface area contributed by atoms with Crippen LogP contribution in [0.2, 0.25) is 0 Å². The van der Waals surface area contributed by atoms with E-state index in [4.69, 9.17) is 5.11 Å². The Bertz CT molecular complexity index is 433. The third kappa shape index (κ3) is 0.922. The zero-order valence-corrected chi connectivity index (χ0v) is 6.94. The zero-order valence-electron chi connectivity index (χ0n) is 6.94. The van der Waals surface area contributed by atoms with Gasteiger partial charge in [-0.15, -0.1) is 0 Å². The van der Waals surface area contributed by atoms with Gasteiger partial charge in [-0.1, -0.05) is 0 Å². The average Bonchev–Trinajstić information content (AvgIpc) is 2.29. The van der Waals surface area contributed by atoms with Gasteiger partial charge in [-0.25, -0.2) is 4.98 Å². The lowest BCUT2D eigenvalue weighted by atomic mass is 10.4. The molecule has 0 spiro atoms. The summed E-state index contributed by atoms with van der Waals surface area (Å²) in [5.74, 6) is 0.864. The second-order valence-electron chi connectivity index (χ2n) is 2.77. The van der Waals surface area contributed by atoms with E-state index in [0.29, 0.717) is 0 Å². The molecular weight excluding hydrogens is 154 g/mol. The second kappa shape index (κ2) is 2.20. The van der Waals surface area contributed by atoms with Crippen LogP contribution < -0.4 is 0 Å². The normalized spacial score (nSPS) is 10.8. The minimum atomic E-state index is 0.0329. The van der Waals surface area contributed by atoms with Gasteiger partial charge in [-0.3, -0.25) is 4.40 Å². The predicted octanol–water partition coefficient (Wildman–Crippen LogP) is 1.05. The maximum Gasteiger partial charge on any atom is 0.230 e. The molecule has 0 fully saturated rings. The fourth-order valence-electron chi connectivity index (χ4n) is 1.27. The SMILES string of the molecule is Cc1cc2nc(O)cn2c(C)n1. The molecule has 0 saturated heterocycles. The van der Waals surface area contributed by atoms with Crippen molar-refractivity contribution in [3.05, 3.63) is 23.8 Å². The summed E-state index contributed by atoms with van der Waals surface area (Å²) >= 11 is 0. The Morgan fingerprint density at radius 2 is 2.08 bits per heavy atom. The smallest absolute Gasteiger partial charge is 0.230 e. The molecule has 2 aromatic heterocycles. The largest absolute Gasteiger partial charge is 0.492 e. The van der Waals surface area contributed by atoms with Crippen molar-refractivity contribution in [1.29, 1.82) is 0 Å². The third-order valence-corrected chi connectivity index (χ3v) is 1.75. The van der Waals surface area contributed by atoms with Gasteiger partial charge in [0.15, 0.2) is 0 Å². The summed E-state index contributed by atoms with van der Waals surface area (Å²) in [6.07, 6.45) is 1.55. The fourth-order valence-corrected chi connectivity index (χ4v) is 1.27. The van der Waals surface area contributed by atoms with Crippen LogP contribution in [0.1, 0.15) is 11.5 Å². The predicted molar refractivity (Wildman–Crippen MR) is 44.1 cm³/mol. The number of nitrogens with zero attached hydrogens (tertiary/aromatic N) is 3. The highest BCUT2D eigenvalue weighted by molar-refractivity contribution is 5.42. The Labute approximate surface area is 69.5 Å². The minimum Gasteiger partial charge on any atom is -0.492 e. The molecular formula is C8H9N3O. The van der Waals surface area contributed by atoms with E-state index in [9.17, 15) is 0 Å². The zero-order chi connectivity index (χ0) is 8.72. The van der Waals surface area contributed by atoms with Gasteiger partial charge in [-0.05, 0) is 13.8 Å². The van der Waals surface area contributed by atoms with Crippen molar-refractivity contribution in [3.8, 4) is 5.88 Å². The number of aromatic nitrogens is 3. The van der Waals surface area contributed by atoms with Gasteiger partial charge in [0.2, 0.25) is 5.88 Å². The van der Waals surface area contributed by atoms with E-state index in [1.54, 1.807) is 10.6 Å². The maximum absolute atomic E-state index is 9.11. The molecule has 62 valence electrons. The summed E-state index contributed by atoms with van der Waals surface area (Å²) in [7, 11) is 0. The first-order valence-electron chi connectivity index (χ1n) is 3.69. The van der Waals surface area contributed by atoms with Gasteiger partial charge in [0, 0.05) is 11.8 Å². The maximum atomic E-state index is 9.11. The lowest BCUT2D eigenvalue weighted by molar-refractivity contribution is 0.457. The van der Waals surface area contributed by atoms with Crippen molar-refractivity contribution in [2.24, 2.45) is 0 Å². The number of aromatic hydroxyl groups is 1. The number of fused-ring (bicyclic) bond motifs is 1. The van der Waals surface area contributed by atoms with Crippen LogP contribution in [0, 0.1) is 13.8 Å². The Kier molecular flexibility index (Phi) is 1.30. The van der Waals surface area contributed by atoms with Crippen molar-refractivity contribution < 1.29 is 5.11 Å². The van der Waals surface area contributed by atoms with E-state index in [-0.39, 0.29) is 5.88 Å². The highest BCUT2D eigenvalue weighted by atomic mass is 16.3. The van der Waals surface area contributed by atoms with E-state index in [0.717, 1.165) is 17.2 Å². The van der Waals surface area contributed by atoms with Gasteiger partial charge in [0.25, 0.3) is 0 Å². The van der Waals surface area contributed by atoms with Crippen molar-refractivity contribution in [2.75, 3.05) is 0 Å². The number of aryl methyl sites for hydroxylation is 2. The summed E-state index contributed by atoms with van der Waals surface area (Å²) in [4.78, 5) is 8.14.